The fourth-order valence-electron chi connectivity index (χ4n) is 2.43. The molecular formula is C14H20N2O3S. The van der Waals surface area contributed by atoms with E-state index in [0.717, 1.165) is 12.7 Å². The van der Waals surface area contributed by atoms with E-state index in [1.165, 1.54) is 18.2 Å². The molecule has 0 aliphatic carbocycles. The maximum Gasteiger partial charge on any atom is 0.253 e. The summed E-state index contributed by atoms with van der Waals surface area (Å²) in [7, 11) is -3.38. The highest BCUT2D eigenvalue weighted by molar-refractivity contribution is 7.90. The molecule has 0 saturated carbocycles. The number of nitrogens with two attached hydrogens (primary N) is 1. The molecule has 2 N–H and O–H groups in total. The van der Waals surface area contributed by atoms with Crippen LogP contribution in [0.15, 0.2) is 23.1 Å². The highest BCUT2D eigenvalue weighted by Crippen LogP contribution is 2.30. The van der Waals surface area contributed by atoms with Gasteiger partial charge in [-0.25, -0.2) is 8.42 Å². The summed E-state index contributed by atoms with van der Waals surface area (Å²) >= 11 is 0. The summed E-state index contributed by atoms with van der Waals surface area (Å²) in [4.78, 5) is 14.3. The van der Waals surface area contributed by atoms with Crippen LogP contribution < -0.4 is 5.73 Å². The molecule has 1 aliphatic rings. The molecule has 0 aromatic heterocycles. The average Bonchev–Trinajstić information content (AvgIpc) is 2.67. The first-order valence-corrected chi connectivity index (χ1v) is 8.38. The minimum Gasteiger partial charge on any atom is -0.399 e. The number of hydrogen-bond donors (Lipinski definition) is 1. The number of anilines is 1. The summed E-state index contributed by atoms with van der Waals surface area (Å²) in [5.41, 5.74) is 6.44. The lowest BCUT2D eigenvalue weighted by Crippen LogP contribution is -2.30. The summed E-state index contributed by atoms with van der Waals surface area (Å²) in [6, 6.07) is 4.31. The van der Waals surface area contributed by atoms with Crippen molar-refractivity contribution in [3.8, 4) is 0 Å². The molecule has 1 saturated heterocycles. The molecule has 1 aromatic carbocycles. The number of carbonyl (C=O) groups is 1. The van der Waals surface area contributed by atoms with Gasteiger partial charge in [0.25, 0.3) is 5.91 Å². The third-order valence-corrected chi connectivity index (χ3v) is 4.66. The summed E-state index contributed by atoms with van der Waals surface area (Å²) in [5.74, 6) is -0.159. The second kappa shape index (κ2) is 4.77. The maximum absolute atomic E-state index is 12.4. The van der Waals surface area contributed by atoms with Gasteiger partial charge in [-0.1, -0.05) is 13.8 Å². The molecule has 20 heavy (non-hydrogen) atoms. The van der Waals surface area contributed by atoms with Crippen LogP contribution in [0, 0.1) is 5.41 Å². The minimum atomic E-state index is -3.38. The third kappa shape index (κ3) is 3.12. The molecule has 1 aromatic rings. The van der Waals surface area contributed by atoms with E-state index in [2.05, 4.69) is 13.8 Å². The van der Waals surface area contributed by atoms with Gasteiger partial charge in [-0.2, -0.15) is 0 Å². The zero-order chi connectivity index (χ0) is 15.1. The second-order valence-corrected chi connectivity index (χ2v) is 8.22. The Labute approximate surface area is 119 Å². The minimum absolute atomic E-state index is 0.0827. The summed E-state index contributed by atoms with van der Waals surface area (Å²) in [5, 5.41) is 0. The predicted molar refractivity (Wildman–Crippen MR) is 78.3 cm³/mol. The zero-order valence-corrected chi connectivity index (χ0v) is 12.8. The van der Waals surface area contributed by atoms with E-state index in [1.807, 2.05) is 0 Å². The van der Waals surface area contributed by atoms with Crippen LogP contribution in [0.5, 0.6) is 0 Å². The van der Waals surface area contributed by atoms with E-state index < -0.39 is 9.84 Å². The number of benzene rings is 1. The topological polar surface area (TPSA) is 80.5 Å². The van der Waals surface area contributed by atoms with Crippen LogP contribution in [0.2, 0.25) is 0 Å². The van der Waals surface area contributed by atoms with Crippen molar-refractivity contribution < 1.29 is 13.2 Å². The Morgan fingerprint density at radius 1 is 1.30 bits per heavy atom. The Morgan fingerprint density at radius 2 is 1.95 bits per heavy atom. The monoisotopic (exact) mass is 296 g/mol. The lowest BCUT2D eigenvalue weighted by Gasteiger charge is -2.20. The van der Waals surface area contributed by atoms with Gasteiger partial charge in [0.15, 0.2) is 9.84 Å². The van der Waals surface area contributed by atoms with Gasteiger partial charge in [0, 0.05) is 30.6 Å². The number of likely N-dealkylation sites (tertiary alicyclic amines) is 1. The largest absolute Gasteiger partial charge is 0.399 e. The molecule has 0 bridgehead atoms. The van der Waals surface area contributed by atoms with Crippen molar-refractivity contribution in [1.82, 2.24) is 4.90 Å². The Kier molecular flexibility index (Phi) is 3.54. The van der Waals surface area contributed by atoms with Crippen LogP contribution in [0.1, 0.15) is 30.6 Å². The van der Waals surface area contributed by atoms with Gasteiger partial charge in [-0.05, 0) is 30.0 Å². The number of hydrogen-bond acceptors (Lipinski definition) is 4. The van der Waals surface area contributed by atoms with Gasteiger partial charge in [0.2, 0.25) is 0 Å². The zero-order valence-electron chi connectivity index (χ0n) is 12.0. The molecule has 1 amide bonds. The summed E-state index contributed by atoms with van der Waals surface area (Å²) in [6.45, 7) is 5.59. The van der Waals surface area contributed by atoms with Gasteiger partial charge < -0.3 is 10.6 Å². The Hall–Kier alpha value is -1.56. The van der Waals surface area contributed by atoms with Crippen molar-refractivity contribution in [1.29, 1.82) is 0 Å². The van der Waals surface area contributed by atoms with Crippen molar-refractivity contribution in [2.24, 2.45) is 5.41 Å². The summed E-state index contributed by atoms with van der Waals surface area (Å²) in [6.07, 6.45) is 2.05. The first kappa shape index (κ1) is 14.8. The highest BCUT2D eigenvalue weighted by atomic mass is 32.2. The number of amides is 1. The van der Waals surface area contributed by atoms with E-state index in [4.69, 9.17) is 5.73 Å². The van der Waals surface area contributed by atoms with Gasteiger partial charge in [-0.3, -0.25) is 4.79 Å². The standard InChI is InChI=1S/C14H20N2O3S/c1-14(2)4-5-16(9-14)13(17)10-6-11(15)8-12(7-10)20(3,18)19/h6-8H,4-5,9,15H2,1-3H3. The van der Waals surface area contributed by atoms with E-state index in [1.54, 1.807) is 4.90 Å². The van der Waals surface area contributed by atoms with Crippen molar-refractivity contribution in [2.75, 3.05) is 25.1 Å². The molecule has 5 nitrogen and oxygen atoms in total. The quantitative estimate of drug-likeness (QED) is 0.840. The molecule has 0 unspecified atom stereocenters. The van der Waals surface area contributed by atoms with Crippen molar-refractivity contribution in [3.63, 3.8) is 0 Å². The molecule has 0 spiro atoms. The highest BCUT2D eigenvalue weighted by Gasteiger charge is 2.32. The van der Waals surface area contributed by atoms with Gasteiger partial charge >= 0.3 is 0 Å². The predicted octanol–water partition coefficient (Wildman–Crippen LogP) is 1.54. The lowest BCUT2D eigenvalue weighted by atomic mass is 9.93. The SMILES string of the molecule is CC1(C)CCN(C(=O)c2cc(N)cc(S(C)(=O)=O)c2)C1. The van der Waals surface area contributed by atoms with Crippen LogP contribution in [0.3, 0.4) is 0 Å². The maximum atomic E-state index is 12.4. The van der Waals surface area contributed by atoms with Crippen molar-refractivity contribution in [2.45, 2.75) is 25.2 Å². The summed E-state index contributed by atoms with van der Waals surface area (Å²) < 4.78 is 23.2. The van der Waals surface area contributed by atoms with Crippen LogP contribution >= 0.6 is 0 Å². The van der Waals surface area contributed by atoms with Crippen LogP contribution in [0.4, 0.5) is 5.69 Å². The molecule has 1 fully saturated rings. The van der Waals surface area contributed by atoms with E-state index in [0.29, 0.717) is 18.7 Å². The fourth-order valence-corrected chi connectivity index (χ4v) is 3.12. The van der Waals surface area contributed by atoms with Gasteiger partial charge in [-0.15, -0.1) is 0 Å². The van der Waals surface area contributed by atoms with Crippen molar-refractivity contribution >= 4 is 21.4 Å². The molecule has 1 aliphatic heterocycles. The molecule has 0 atom stereocenters. The van der Waals surface area contributed by atoms with Crippen molar-refractivity contribution in [3.05, 3.63) is 23.8 Å². The molecular weight excluding hydrogens is 276 g/mol. The average molecular weight is 296 g/mol. The van der Waals surface area contributed by atoms with Gasteiger partial charge in [0.05, 0.1) is 4.90 Å². The molecule has 0 radical (unpaired) electrons. The fraction of sp³-hybridized carbons (Fsp3) is 0.500. The number of nitrogens with zero attached hydrogens (tertiary/aromatic N) is 1. The smallest absolute Gasteiger partial charge is 0.253 e. The molecule has 2 rings (SSSR count). The van der Waals surface area contributed by atoms with E-state index in [-0.39, 0.29) is 21.9 Å². The first-order valence-electron chi connectivity index (χ1n) is 6.48. The Morgan fingerprint density at radius 3 is 2.45 bits per heavy atom. The number of rotatable bonds is 2. The molecule has 1 heterocycles. The lowest BCUT2D eigenvalue weighted by molar-refractivity contribution is 0.0778. The van der Waals surface area contributed by atoms with Crippen LogP contribution in [-0.2, 0) is 9.84 Å². The van der Waals surface area contributed by atoms with Crippen LogP contribution in [-0.4, -0.2) is 38.6 Å². The molecule has 6 heteroatoms. The molecule has 110 valence electrons. The number of carbonyl (C=O) groups excluding carboxylic acids is 1. The second-order valence-electron chi connectivity index (χ2n) is 6.20. The van der Waals surface area contributed by atoms with Crippen LogP contribution in [0.25, 0.3) is 0 Å². The Balaban J connectivity index is 2.34. The Bertz CT molecular complexity index is 650. The third-order valence-electron chi connectivity index (χ3n) is 3.57. The van der Waals surface area contributed by atoms with E-state index >= 15 is 0 Å². The van der Waals surface area contributed by atoms with E-state index in [9.17, 15) is 13.2 Å². The number of nitrogen functional groups attached to an aromatic ring is 1. The number of sulfone groups is 1. The normalized spacial score (nSPS) is 18.2. The van der Waals surface area contributed by atoms with Gasteiger partial charge in [0.1, 0.15) is 0 Å². The first-order chi connectivity index (χ1) is 9.08.